The molecule has 0 radical (unpaired) electrons. The molecule has 1 aromatic carbocycles. The fourth-order valence-corrected chi connectivity index (χ4v) is 2.75. The first-order chi connectivity index (χ1) is 9.61. The molecule has 1 heterocycles. The molecule has 3 unspecified atom stereocenters. The van der Waals surface area contributed by atoms with Crippen LogP contribution in [0.3, 0.4) is 0 Å². The summed E-state index contributed by atoms with van der Waals surface area (Å²) in [4.78, 5) is 2.20. The predicted molar refractivity (Wildman–Crippen MR) is 81.8 cm³/mol. The highest BCUT2D eigenvalue weighted by Crippen LogP contribution is 2.22. The summed E-state index contributed by atoms with van der Waals surface area (Å²) in [6, 6.07) is 8.38. The Morgan fingerprint density at radius 2 is 2.05 bits per heavy atom. The molecule has 1 aliphatic heterocycles. The Hall–Kier alpha value is -0.900. The summed E-state index contributed by atoms with van der Waals surface area (Å²) in [7, 11) is 2.07. The van der Waals surface area contributed by atoms with E-state index < -0.39 is 6.10 Å². The minimum atomic E-state index is -0.452. The molecular formula is C17H27NO2. The van der Waals surface area contributed by atoms with E-state index in [4.69, 9.17) is 4.74 Å². The molecule has 3 nitrogen and oxygen atoms in total. The lowest BCUT2D eigenvalue weighted by molar-refractivity contribution is 0.0295. The van der Waals surface area contributed by atoms with E-state index in [0.717, 1.165) is 38.0 Å². The molecule has 112 valence electrons. The number of aryl methyl sites for hydroxylation is 1. The second kappa shape index (κ2) is 7.21. The van der Waals surface area contributed by atoms with Crippen LogP contribution in [0.1, 0.15) is 43.9 Å². The Morgan fingerprint density at radius 3 is 2.60 bits per heavy atom. The molecule has 3 atom stereocenters. The number of nitrogens with zero attached hydrogens (tertiary/aromatic N) is 1. The molecule has 0 aliphatic carbocycles. The van der Waals surface area contributed by atoms with Crippen LogP contribution in [-0.4, -0.2) is 42.4 Å². The van der Waals surface area contributed by atoms with Gasteiger partial charge in [0.25, 0.3) is 0 Å². The van der Waals surface area contributed by atoms with Crippen LogP contribution in [0, 0.1) is 0 Å². The second-order valence-electron chi connectivity index (χ2n) is 5.86. The average Bonchev–Trinajstić information content (AvgIpc) is 2.98. The van der Waals surface area contributed by atoms with Gasteiger partial charge in [0.15, 0.2) is 0 Å². The number of likely N-dealkylation sites (N-methyl/N-ethyl adjacent to an activating group) is 1. The number of aliphatic hydroxyl groups is 1. The van der Waals surface area contributed by atoms with Gasteiger partial charge in [-0.05, 0) is 44.4 Å². The lowest BCUT2D eigenvalue weighted by Crippen LogP contribution is -2.39. The monoisotopic (exact) mass is 277 g/mol. The molecule has 1 fully saturated rings. The molecule has 1 saturated heterocycles. The minimum absolute atomic E-state index is 0.0895. The highest BCUT2D eigenvalue weighted by molar-refractivity contribution is 5.24. The van der Waals surface area contributed by atoms with Gasteiger partial charge in [-0.3, -0.25) is 4.90 Å². The summed E-state index contributed by atoms with van der Waals surface area (Å²) >= 11 is 0. The molecular weight excluding hydrogens is 250 g/mol. The van der Waals surface area contributed by atoms with E-state index in [1.54, 1.807) is 0 Å². The Labute approximate surface area is 122 Å². The third kappa shape index (κ3) is 3.81. The molecule has 1 aliphatic rings. The van der Waals surface area contributed by atoms with E-state index in [0.29, 0.717) is 6.10 Å². The third-order valence-electron chi connectivity index (χ3n) is 4.40. The van der Waals surface area contributed by atoms with Gasteiger partial charge in [-0.2, -0.15) is 0 Å². The van der Waals surface area contributed by atoms with Crippen molar-refractivity contribution in [2.24, 2.45) is 0 Å². The molecule has 1 aromatic rings. The van der Waals surface area contributed by atoms with Crippen molar-refractivity contribution >= 4 is 0 Å². The van der Waals surface area contributed by atoms with Gasteiger partial charge in [0.05, 0.1) is 12.2 Å². The van der Waals surface area contributed by atoms with E-state index in [9.17, 15) is 5.11 Å². The zero-order valence-electron chi connectivity index (χ0n) is 12.9. The van der Waals surface area contributed by atoms with Crippen molar-refractivity contribution < 1.29 is 9.84 Å². The van der Waals surface area contributed by atoms with Gasteiger partial charge in [-0.25, -0.2) is 0 Å². The fraction of sp³-hybridized carbons (Fsp3) is 0.647. The van der Waals surface area contributed by atoms with Gasteiger partial charge in [0, 0.05) is 19.2 Å². The van der Waals surface area contributed by atoms with Crippen molar-refractivity contribution in [3.63, 3.8) is 0 Å². The average molecular weight is 277 g/mol. The van der Waals surface area contributed by atoms with E-state index >= 15 is 0 Å². The molecule has 0 amide bonds. The third-order valence-corrected chi connectivity index (χ3v) is 4.40. The van der Waals surface area contributed by atoms with Crippen LogP contribution < -0.4 is 0 Å². The van der Waals surface area contributed by atoms with E-state index in [-0.39, 0.29) is 6.04 Å². The van der Waals surface area contributed by atoms with Crippen molar-refractivity contribution in [3.05, 3.63) is 35.4 Å². The molecule has 1 N–H and O–H groups in total. The predicted octanol–water partition coefficient (Wildman–Crippen LogP) is 2.78. The van der Waals surface area contributed by atoms with E-state index in [2.05, 4.69) is 37.9 Å². The van der Waals surface area contributed by atoms with Crippen molar-refractivity contribution in [3.8, 4) is 0 Å². The molecule has 0 bridgehead atoms. The molecule has 2 rings (SSSR count). The first-order valence-electron chi connectivity index (χ1n) is 7.70. The van der Waals surface area contributed by atoms with Crippen LogP contribution in [0.4, 0.5) is 0 Å². The topological polar surface area (TPSA) is 32.7 Å². The summed E-state index contributed by atoms with van der Waals surface area (Å²) in [5.74, 6) is 0. The number of rotatable bonds is 6. The number of aliphatic hydroxyl groups excluding tert-OH is 1. The van der Waals surface area contributed by atoms with Crippen LogP contribution >= 0.6 is 0 Å². The van der Waals surface area contributed by atoms with Crippen molar-refractivity contribution in [2.45, 2.75) is 51.4 Å². The first kappa shape index (κ1) is 15.5. The number of hydrogen-bond donors (Lipinski definition) is 1. The fourth-order valence-electron chi connectivity index (χ4n) is 2.75. The van der Waals surface area contributed by atoms with Crippen LogP contribution in [0.2, 0.25) is 0 Å². The number of benzene rings is 1. The maximum absolute atomic E-state index is 10.5. The smallest absolute Gasteiger partial charge is 0.0942 e. The maximum atomic E-state index is 10.5. The maximum Gasteiger partial charge on any atom is 0.0942 e. The highest BCUT2D eigenvalue weighted by Gasteiger charge is 2.24. The minimum Gasteiger partial charge on any atom is -0.387 e. The zero-order chi connectivity index (χ0) is 14.5. The molecule has 0 aromatic heterocycles. The second-order valence-corrected chi connectivity index (χ2v) is 5.86. The Balaban J connectivity index is 1.93. The van der Waals surface area contributed by atoms with Crippen molar-refractivity contribution in [2.75, 3.05) is 20.2 Å². The van der Waals surface area contributed by atoms with Gasteiger partial charge in [-0.15, -0.1) is 0 Å². The Kier molecular flexibility index (Phi) is 5.58. The Morgan fingerprint density at radius 1 is 1.35 bits per heavy atom. The van der Waals surface area contributed by atoms with Gasteiger partial charge in [-0.1, -0.05) is 31.2 Å². The zero-order valence-corrected chi connectivity index (χ0v) is 12.9. The summed E-state index contributed by atoms with van der Waals surface area (Å²) in [5.41, 5.74) is 2.30. The van der Waals surface area contributed by atoms with Gasteiger partial charge >= 0.3 is 0 Å². The van der Waals surface area contributed by atoms with E-state index in [1.807, 2.05) is 12.1 Å². The summed E-state index contributed by atoms with van der Waals surface area (Å²) in [5, 5.41) is 10.5. The molecule has 0 saturated carbocycles. The van der Waals surface area contributed by atoms with Crippen LogP contribution in [0.5, 0.6) is 0 Å². The van der Waals surface area contributed by atoms with Crippen molar-refractivity contribution in [1.82, 2.24) is 4.90 Å². The van der Waals surface area contributed by atoms with Crippen LogP contribution in [-0.2, 0) is 11.2 Å². The standard InChI is InChI=1S/C17H27NO2/c1-4-14-7-9-15(10-8-14)17(19)13(2)18(3)12-16-6-5-11-20-16/h7-10,13,16-17,19H,4-6,11-12H2,1-3H3. The lowest BCUT2D eigenvalue weighted by Gasteiger charge is -2.30. The SMILES string of the molecule is CCc1ccc(C(O)C(C)N(C)CC2CCCO2)cc1. The van der Waals surface area contributed by atoms with Crippen LogP contribution in [0.15, 0.2) is 24.3 Å². The quantitative estimate of drug-likeness (QED) is 0.868. The normalized spacial score (nSPS) is 22.1. The van der Waals surface area contributed by atoms with Gasteiger partial charge in [0.1, 0.15) is 0 Å². The first-order valence-corrected chi connectivity index (χ1v) is 7.70. The van der Waals surface area contributed by atoms with Gasteiger partial charge < -0.3 is 9.84 Å². The lowest BCUT2D eigenvalue weighted by atomic mass is 10.00. The number of ether oxygens (including phenoxy) is 1. The summed E-state index contributed by atoms with van der Waals surface area (Å²) in [6.07, 6.45) is 3.21. The number of hydrogen-bond acceptors (Lipinski definition) is 3. The molecule has 20 heavy (non-hydrogen) atoms. The molecule has 0 spiro atoms. The van der Waals surface area contributed by atoms with E-state index in [1.165, 1.54) is 5.56 Å². The summed E-state index contributed by atoms with van der Waals surface area (Å²) < 4.78 is 5.67. The Bertz CT molecular complexity index is 398. The van der Waals surface area contributed by atoms with Gasteiger partial charge in [0.2, 0.25) is 0 Å². The summed E-state index contributed by atoms with van der Waals surface area (Å²) in [6.45, 7) is 6.00. The largest absolute Gasteiger partial charge is 0.387 e. The van der Waals surface area contributed by atoms with Crippen LogP contribution in [0.25, 0.3) is 0 Å². The highest BCUT2D eigenvalue weighted by atomic mass is 16.5. The van der Waals surface area contributed by atoms with Crippen molar-refractivity contribution in [1.29, 1.82) is 0 Å². The molecule has 3 heteroatoms.